The van der Waals surface area contributed by atoms with Crippen LogP contribution in [-0.2, 0) is 4.79 Å². The van der Waals surface area contributed by atoms with Gasteiger partial charge in [-0.15, -0.1) is 0 Å². The van der Waals surface area contributed by atoms with E-state index in [1.165, 1.54) is 25.3 Å². The fourth-order valence-electron chi connectivity index (χ4n) is 3.29. The molecule has 3 aromatic rings. The lowest BCUT2D eigenvalue weighted by Gasteiger charge is -2.15. The summed E-state index contributed by atoms with van der Waals surface area (Å²) in [5.74, 6) is -2.11. The lowest BCUT2D eigenvalue weighted by molar-refractivity contribution is -0.117. The molecule has 1 atom stereocenters. The number of anilines is 1. The summed E-state index contributed by atoms with van der Waals surface area (Å²) >= 11 is 6.01. The highest BCUT2D eigenvalue weighted by atomic mass is 35.5. The molecule has 0 aliphatic carbocycles. The summed E-state index contributed by atoms with van der Waals surface area (Å²) in [6.07, 6.45) is -1.25. The molecule has 0 fully saturated rings. The first-order valence-corrected chi connectivity index (χ1v) is 9.73. The third-order valence-corrected chi connectivity index (χ3v) is 5.00. The standard InChI is InChI=1S/C23H17ClFN3O3/c1-31-20-16(6-4-7-17(20)25)22(29)28-21-23(30)26-18-8-3-2-5-15(18)19(27-21)13-9-11-14(24)12-10-13/h2-12,21H,1H3,(H,26,30)(H,28,29)/t21-/m1/s1. The average Bonchev–Trinajstić information content (AvgIpc) is 2.90. The van der Waals surface area contributed by atoms with Gasteiger partial charge in [0.05, 0.1) is 24.1 Å². The minimum Gasteiger partial charge on any atom is -0.493 e. The second-order valence-electron chi connectivity index (χ2n) is 6.72. The van der Waals surface area contributed by atoms with Gasteiger partial charge in [0.15, 0.2) is 11.6 Å². The topological polar surface area (TPSA) is 79.8 Å². The monoisotopic (exact) mass is 437 g/mol. The number of carbonyl (C=O) groups excluding carboxylic acids is 2. The van der Waals surface area contributed by atoms with E-state index in [9.17, 15) is 14.0 Å². The first-order chi connectivity index (χ1) is 15.0. The first kappa shape index (κ1) is 20.6. The third kappa shape index (κ3) is 4.13. The number of benzodiazepines with no additional fused rings is 1. The number of methoxy groups -OCH3 is 1. The Bertz CT molecular complexity index is 1190. The lowest BCUT2D eigenvalue weighted by Crippen LogP contribution is -2.42. The van der Waals surface area contributed by atoms with Gasteiger partial charge in [-0.3, -0.25) is 9.59 Å². The molecule has 0 unspecified atom stereocenters. The number of fused-ring (bicyclic) bond motifs is 1. The molecule has 3 aromatic carbocycles. The van der Waals surface area contributed by atoms with Gasteiger partial charge in [-0.25, -0.2) is 9.38 Å². The van der Waals surface area contributed by atoms with E-state index in [1.54, 1.807) is 36.4 Å². The third-order valence-electron chi connectivity index (χ3n) is 4.75. The number of rotatable bonds is 4. The zero-order valence-electron chi connectivity index (χ0n) is 16.4. The summed E-state index contributed by atoms with van der Waals surface area (Å²) in [5, 5.41) is 5.90. The van der Waals surface area contributed by atoms with Gasteiger partial charge in [0.1, 0.15) is 0 Å². The van der Waals surface area contributed by atoms with Crippen molar-refractivity contribution in [2.75, 3.05) is 12.4 Å². The van der Waals surface area contributed by atoms with Crippen molar-refractivity contribution in [2.24, 2.45) is 4.99 Å². The summed E-state index contributed by atoms with van der Waals surface area (Å²) in [5.41, 5.74) is 2.43. The summed E-state index contributed by atoms with van der Waals surface area (Å²) in [6, 6.07) is 18.2. The van der Waals surface area contributed by atoms with Crippen LogP contribution in [-0.4, -0.2) is 30.8 Å². The number of aliphatic imine (C=N–C) groups is 1. The Balaban J connectivity index is 1.75. The molecular weight excluding hydrogens is 421 g/mol. The van der Waals surface area contributed by atoms with Crippen molar-refractivity contribution in [2.45, 2.75) is 6.17 Å². The molecule has 1 aliphatic rings. The van der Waals surface area contributed by atoms with Crippen molar-refractivity contribution in [3.63, 3.8) is 0 Å². The zero-order chi connectivity index (χ0) is 22.0. The zero-order valence-corrected chi connectivity index (χ0v) is 17.1. The molecule has 2 N–H and O–H groups in total. The van der Waals surface area contributed by atoms with Crippen LogP contribution >= 0.6 is 11.6 Å². The highest BCUT2D eigenvalue weighted by Gasteiger charge is 2.28. The molecular formula is C23H17ClFN3O3. The van der Waals surface area contributed by atoms with Crippen LogP contribution in [0.15, 0.2) is 71.7 Å². The quantitative estimate of drug-likeness (QED) is 0.646. The average molecular weight is 438 g/mol. The SMILES string of the molecule is COc1c(F)cccc1C(=O)N[C@H]1N=C(c2ccc(Cl)cc2)c2ccccc2NC1=O. The van der Waals surface area contributed by atoms with Crippen LogP contribution in [0, 0.1) is 5.82 Å². The number of carbonyl (C=O) groups is 2. The predicted octanol–water partition coefficient (Wildman–Crippen LogP) is 4.03. The predicted molar refractivity (Wildman–Crippen MR) is 116 cm³/mol. The van der Waals surface area contributed by atoms with E-state index >= 15 is 0 Å². The smallest absolute Gasteiger partial charge is 0.269 e. The first-order valence-electron chi connectivity index (χ1n) is 9.35. The van der Waals surface area contributed by atoms with Crippen molar-refractivity contribution in [1.82, 2.24) is 5.32 Å². The van der Waals surface area contributed by atoms with Crippen LogP contribution in [0.5, 0.6) is 5.75 Å². The number of hydrogen-bond acceptors (Lipinski definition) is 4. The Morgan fingerprint density at radius 3 is 2.58 bits per heavy atom. The van der Waals surface area contributed by atoms with Crippen molar-refractivity contribution in [1.29, 1.82) is 0 Å². The maximum absolute atomic E-state index is 14.0. The number of halogens is 2. The van der Waals surface area contributed by atoms with E-state index < -0.39 is 23.8 Å². The number of amides is 2. The lowest BCUT2D eigenvalue weighted by atomic mass is 10.0. The summed E-state index contributed by atoms with van der Waals surface area (Å²) in [6.45, 7) is 0. The summed E-state index contributed by atoms with van der Waals surface area (Å²) < 4.78 is 19.0. The fourth-order valence-corrected chi connectivity index (χ4v) is 3.42. The van der Waals surface area contributed by atoms with Crippen LogP contribution in [0.3, 0.4) is 0 Å². The van der Waals surface area contributed by atoms with Gasteiger partial charge in [-0.05, 0) is 30.3 Å². The minimum atomic E-state index is -1.25. The summed E-state index contributed by atoms with van der Waals surface area (Å²) in [7, 11) is 1.26. The van der Waals surface area contributed by atoms with Crippen LogP contribution in [0.25, 0.3) is 0 Å². The highest BCUT2D eigenvalue weighted by Crippen LogP contribution is 2.26. The molecule has 0 bridgehead atoms. The van der Waals surface area contributed by atoms with E-state index in [0.717, 1.165) is 5.56 Å². The van der Waals surface area contributed by atoms with Gasteiger partial charge in [-0.1, -0.05) is 48.0 Å². The van der Waals surface area contributed by atoms with E-state index in [4.69, 9.17) is 16.3 Å². The molecule has 8 heteroatoms. The Labute approximate surface area is 182 Å². The molecule has 31 heavy (non-hydrogen) atoms. The largest absolute Gasteiger partial charge is 0.493 e. The van der Waals surface area contributed by atoms with Crippen molar-refractivity contribution in [3.05, 3.63) is 94.3 Å². The number of hydrogen-bond donors (Lipinski definition) is 2. The molecule has 0 saturated carbocycles. The van der Waals surface area contributed by atoms with Crippen molar-refractivity contribution >= 4 is 34.8 Å². The fraction of sp³-hybridized carbons (Fsp3) is 0.0870. The molecule has 0 radical (unpaired) electrons. The number of benzene rings is 3. The Morgan fingerprint density at radius 2 is 1.84 bits per heavy atom. The Hall–Kier alpha value is -3.71. The van der Waals surface area contributed by atoms with Crippen LogP contribution in [0.4, 0.5) is 10.1 Å². The Morgan fingerprint density at radius 1 is 1.10 bits per heavy atom. The molecule has 0 aromatic heterocycles. The Kier molecular flexibility index (Phi) is 5.68. The van der Waals surface area contributed by atoms with Gasteiger partial charge >= 0.3 is 0 Å². The second kappa shape index (κ2) is 8.57. The molecule has 156 valence electrons. The van der Waals surface area contributed by atoms with Gasteiger partial charge in [0.2, 0.25) is 6.17 Å². The van der Waals surface area contributed by atoms with Gasteiger partial charge in [0, 0.05) is 16.1 Å². The van der Waals surface area contributed by atoms with Crippen LogP contribution in [0.1, 0.15) is 21.5 Å². The molecule has 0 saturated heterocycles. The van der Waals surface area contributed by atoms with E-state index in [-0.39, 0.29) is 11.3 Å². The molecule has 2 amide bonds. The van der Waals surface area contributed by atoms with E-state index in [0.29, 0.717) is 22.0 Å². The highest BCUT2D eigenvalue weighted by molar-refractivity contribution is 6.30. The number of nitrogens with zero attached hydrogens (tertiary/aromatic N) is 1. The molecule has 0 spiro atoms. The normalized spacial score (nSPS) is 15.3. The molecule has 1 heterocycles. The van der Waals surface area contributed by atoms with E-state index in [2.05, 4.69) is 15.6 Å². The van der Waals surface area contributed by atoms with Crippen molar-refractivity contribution < 1.29 is 18.7 Å². The second-order valence-corrected chi connectivity index (χ2v) is 7.15. The van der Waals surface area contributed by atoms with E-state index in [1.807, 2.05) is 12.1 Å². The number of nitrogens with one attached hydrogen (secondary N) is 2. The minimum absolute atomic E-state index is 0.0414. The number of para-hydroxylation sites is 2. The number of ether oxygens (including phenoxy) is 1. The van der Waals surface area contributed by atoms with Gasteiger partial charge < -0.3 is 15.4 Å². The molecule has 1 aliphatic heterocycles. The molecule has 6 nitrogen and oxygen atoms in total. The molecule has 4 rings (SSSR count). The van der Waals surface area contributed by atoms with Crippen LogP contribution in [0.2, 0.25) is 5.02 Å². The maximum Gasteiger partial charge on any atom is 0.269 e. The maximum atomic E-state index is 14.0. The van der Waals surface area contributed by atoms with Gasteiger partial charge in [0.25, 0.3) is 11.8 Å². The van der Waals surface area contributed by atoms with Gasteiger partial charge in [-0.2, -0.15) is 0 Å². The van der Waals surface area contributed by atoms with Crippen molar-refractivity contribution in [3.8, 4) is 5.75 Å². The van der Waals surface area contributed by atoms with Crippen LogP contribution < -0.4 is 15.4 Å². The summed E-state index contributed by atoms with van der Waals surface area (Å²) in [4.78, 5) is 30.2.